The lowest BCUT2D eigenvalue weighted by atomic mass is 9.95. The number of nitrogens with one attached hydrogen (secondary N) is 2. The van der Waals surface area contributed by atoms with Gasteiger partial charge in [0.15, 0.2) is 0 Å². The molecular formula is C26H30ClN5O4. The molecular weight excluding hydrogens is 482 g/mol. The maximum absolute atomic E-state index is 13.0. The molecule has 190 valence electrons. The Labute approximate surface area is 215 Å². The average Bonchev–Trinajstić information content (AvgIpc) is 3.35. The van der Waals surface area contributed by atoms with E-state index in [1.54, 1.807) is 37.4 Å². The molecule has 0 bridgehead atoms. The van der Waals surface area contributed by atoms with E-state index in [1.165, 1.54) is 0 Å². The quantitative estimate of drug-likeness (QED) is 0.396. The zero-order valence-corrected chi connectivity index (χ0v) is 21.0. The van der Waals surface area contributed by atoms with Gasteiger partial charge in [-0.2, -0.15) is 4.98 Å². The van der Waals surface area contributed by atoms with Gasteiger partial charge in [-0.1, -0.05) is 41.0 Å². The molecule has 2 aromatic carbocycles. The van der Waals surface area contributed by atoms with Gasteiger partial charge in [0.25, 0.3) is 5.91 Å². The van der Waals surface area contributed by atoms with E-state index >= 15 is 0 Å². The number of aromatic nitrogens is 2. The Kier molecular flexibility index (Phi) is 9.05. The highest BCUT2D eigenvalue weighted by molar-refractivity contribution is 6.33. The fourth-order valence-electron chi connectivity index (χ4n) is 4.15. The predicted molar refractivity (Wildman–Crippen MR) is 137 cm³/mol. The monoisotopic (exact) mass is 511 g/mol. The normalized spacial score (nSPS) is 14.5. The van der Waals surface area contributed by atoms with Gasteiger partial charge in [-0.15, -0.1) is 0 Å². The number of carbonyl (C=O) groups is 2. The van der Waals surface area contributed by atoms with Gasteiger partial charge in [0.1, 0.15) is 0 Å². The summed E-state index contributed by atoms with van der Waals surface area (Å²) < 4.78 is 10.4. The molecule has 10 heteroatoms. The van der Waals surface area contributed by atoms with Crippen molar-refractivity contribution in [1.29, 1.82) is 0 Å². The maximum atomic E-state index is 13.0. The minimum absolute atomic E-state index is 0.0759. The van der Waals surface area contributed by atoms with Crippen molar-refractivity contribution in [2.24, 2.45) is 5.92 Å². The number of likely N-dealkylation sites (tertiary alicyclic amines) is 1. The molecule has 1 aliphatic rings. The molecule has 2 N–H and O–H groups in total. The van der Waals surface area contributed by atoms with E-state index in [4.69, 9.17) is 20.9 Å². The number of anilines is 1. The van der Waals surface area contributed by atoms with E-state index in [2.05, 4.69) is 25.7 Å². The second-order valence-corrected chi connectivity index (χ2v) is 9.09. The van der Waals surface area contributed by atoms with Crippen LogP contribution in [0.25, 0.3) is 11.4 Å². The van der Waals surface area contributed by atoms with E-state index in [1.807, 2.05) is 18.2 Å². The van der Waals surface area contributed by atoms with Crippen LogP contribution < -0.4 is 10.6 Å². The standard InChI is InChI=1S/C26H30ClN5O4/c1-35-16-6-13-28-26(34)20-8-3-5-10-22(20)29-25(33)18-11-14-32(15-12-18)17-23-30-24(31-36-23)19-7-2-4-9-21(19)27/h2-5,7-10,18H,6,11-17H2,1H3,(H,28,34)(H,29,33). The lowest BCUT2D eigenvalue weighted by molar-refractivity contribution is -0.121. The largest absolute Gasteiger partial charge is 0.385 e. The smallest absolute Gasteiger partial charge is 0.253 e. The molecule has 9 nitrogen and oxygen atoms in total. The number of benzene rings is 2. The van der Waals surface area contributed by atoms with E-state index in [0.717, 1.165) is 25.1 Å². The van der Waals surface area contributed by atoms with Crippen molar-refractivity contribution in [1.82, 2.24) is 20.4 Å². The third kappa shape index (κ3) is 6.69. The topological polar surface area (TPSA) is 110 Å². The summed E-state index contributed by atoms with van der Waals surface area (Å²) in [5.41, 5.74) is 1.70. The molecule has 36 heavy (non-hydrogen) atoms. The number of nitrogens with zero attached hydrogens (tertiary/aromatic N) is 3. The summed E-state index contributed by atoms with van der Waals surface area (Å²) in [6.45, 7) is 3.05. The molecule has 0 atom stereocenters. The van der Waals surface area contributed by atoms with Gasteiger partial charge in [-0.25, -0.2) is 0 Å². The fourth-order valence-corrected chi connectivity index (χ4v) is 4.37. The zero-order valence-electron chi connectivity index (χ0n) is 20.2. The lowest BCUT2D eigenvalue weighted by Crippen LogP contribution is -2.38. The summed E-state index contributed by atoms with van der Waals surface area (Å²) in [4.78, 5) is 32.2. The summed E-state index contributed by atoms with van der Waals surface area (Å²) in [7, 11) is 1.63. The molecule has 1 fully saturated rings. The first kappa shape index (κ1) is 25.8. The Morgan fingerprint density at radius 2 is 1.89 bits per heavy atom. The van der Waals surface area contributed by atoms with Gasteiger partial charge in [0.05, 0.1) is 22.8 Å². The molecule has 3 aromatic rings. The average molecular weight is 512 g/mol. The van der Waals surface area contributed by atoms with Crippen LogP contribution in [0.3, 0.4) is 0 Å². The number of amides is 2. The number of rotatable bonds is 10. The molecule has 0 saturated carbocycles. The predicted octanol–water partition coefficient (Wildman–Crippen LogP) is 4.01. The van der Waals surface area contributed by atoms with Crippen molar-refractivity contribution in [3.05, 3.63) is 65.0 Å². The number of halogens is 1. The van der Waals surface area contributed by atoms with Crippen LogP contribution in [-0.2, 0) is 16.1 Å². The lowest BCUT2D eigenvalue weighted by Gasteiger charge is -2.30. The molecule has 0 radical (unpaired) electrons. The highest BCUT2D eigenvalue weighted by Crippen LogP contribution is 2.26. The first-order chi connectivity index (χ1) is 17.5. The van der Waals surface area contributed by atoms with Gasteiger partial charge < -0.3 is 19.9 Å². The van der Waals surface area contributed by atoms with Crippen LogP contribution in [0.5, 0.6) is 0 Å². The van der Waals surface area contributed by atoms with E-state index < -0.39 is 0 Å². The van der Waals surface area contributed by atoms with Crippen LogP contribution >= 0.6 is 11.6 Å². The number of hydrogen-bond acceptors (Lipinski definition) is 7. The molecule has 1 aromatic heterocycles. The SMILES string of the molecule is COCCCNC(=O)c1ccccc1NC(=O)C1CCN(Cc2nc(-c3ccccc3Cl)no2)CC1. The van der Waals surface area contributed by atoms with Gasteiger partial charge in [-0.3, -0.25) is 14.5 Å². The molecule has 0 spiro atoms. The van der Waals surface area contributed by atoms with Crippen LogP contribution in [0, 0.1) is 5.92 Å². The molecule has 1 aliphatic heterocycles. The van der Waals surface area contributed by atoms with Gasteiger partial charge in [0.2, 0.25) is 17.6 Å². The Hall–Kier alpha value is -3.27. The number of para-hydroxylation sites is 1. The molecule has 1 saturated heterocycles. The summed E-state index contributed by atoms with van der Waals surface area (Å²) in [6, 6.07) is 14.4. The van der Waals surface area contributed by atoms with Crippen LogP contribution in [0.15, 0.2) is 53.1 Å². The van der Waals surface area contributed by atoms with Crippen LogP contribution in [0.4, 0.5) is 5.69 Å². The third-order valence-corrected chi connectivity index (χ3v) is 6.47. The minimum Gasteiger partial charge on any atom is -0.385 e. The van der Waals surface area contributed by atoms with E-state index in [0.29, 0.717) is 60.5 Å². The van der Waals surface area contributed by atoms with Gasteiger partial charge >= 0.3 is 0 Å². The van der Waals surface area contributed by atoms with Crippen molar-refractivity contribution >= 4 is 29.1 Å². The van der Waals surface area contributed by atoms with Crippen molar-refractivity contribution in [2.75, 3.05) is 38.7 Å². The molecule has 2 amide bonds. The highest BCUT2D eigenvalue weighted by atomic mass is 35.5. The molecule has 0 unspecified atom stereocenters. The Bertz CT molecular complexity index is 1180. The second-order valence-electron chi connectivity index (χ2n) is 8.68. The van der Waals surface area contributed by atoms with Crippen molar-refractivity contribution in [2.45, 2.75) is 25.8 Å². The number of ether oxygens (including phenoxy) is 1. The van der Waals surface area contributed by atoms with Crippen LogP contribution in [-0.4, -0.2) is 60.2 Å². The zero-order chi connectivity index (χ0) is 25.3. The van der Waals surface area contributed by atoms with Crippen molar-refractivity contribution in [3.8, 4) is 11.4 Å². The minimum atomic E-state index is -0.215. The van der Waals surface area contributed by atoms with Crippen LogP contribution in [0.1, 0.15) is 35.5 Å². The Morgan fingerprint density at radius 1 is 1.14 bits per heavy atom. The van der Waals surface area contributed by atoms with E-state index in [9.17, 15) is 9.59 Å². The Morgan fingerprint density at radius 3 is 2.67 bits per heavy atom. The summed E-state index contributed by atoms with van der Waals surface area (Å²) in [5, 5.41) is 10.4. The number of piperidine rings is 1. The van der Waals surface area contributed by atoms with Crippen molar-refractivity contribution in [3.63, 3.8) is 0 Å². The van der Waals surface area contributed by atoms with E-state index in [-0.39, 0.29) is 17.7 Å². The number of methoxy groups -OCH3 is 1. The van der Waals surface area contributed by atoms with Crippen molar-refractivity contribution < 1.29 is 18.8 Å². The summed E-state index contributed by atoms with van der Waals surface area (Å²) in [5.74, 6) is 0.547. The molecule has 4 rings (SSSR count). The first-order valence-corrected chi connectivity index (χ1v) is 12.4. The second kappa shape index (κ2) is 12.6. The number of carbonyl (C=O) groups excluding carboxylic acids is 2. The molecule has 0 aliphatic carbocycles. The molecule has 2 heterocycles. The maximum Gasteiger partial charge on any atom is 0.253 e. The first-order valence-electron chi connectivity index (χ1n) is 12.0. The summed E-state index contributed by atoms with van der Waals surface area (Å²) in [6.07, 6.45) is 2.12. The highest BCUT2D eigenvalue weighted by Gasteiger charge is 2.27. The van der Waals surface area contributed by atoms with Gasteiger partial charge in [-0.05, 0) is 56.6 Å². The van der Waals surface area contributed by atoms with Gasteiger partial charge in [0, 0.05) is 31.7 Å². The Balaban J connectivity index is 1.28. The van der Waals surface area contributed by atoms with Crippen LogP contribution in [0.2, 0.25) is 5.02 Å². The fraction of sp³-hybridized carbons (Fsp3) is 0.385. The number of hydrogen-bond donors (Lipinski definition) is 2. The summed E-state index contributed by atoms with van der Waals surface area (Å²) >= 11 is 6.23. The third-order valence-electron chi connectivity index (χ3n) is 6.14.